The monoisotopic (exact) mass is 603 g/mol. The molecular formula is C35H75BrN2. The molecule has 0 heterocycles. The van der Waals surface area contributed by atoms with E-state index in [9.17, 15) is 0 Å². The summed E-state index contributed by atoms with van der Waals surface area (Å²) in [5.41, 5.74) is 0. The Labute approximate surface area is 253 Å². The van der Waals surface area contributed by atoms with Gasteiger partial charge in [-0.25, -0.2) is 0 Å². The summed E-state index contributed by atoms with van der Waals surface area (Å²) in [6.45, 7) is 9.72. The van der Waals surface area contributed by atoms with E-state index in [0.29, 0.717) is 0 Å². The van der Waals surface area contributed by atoms with Gasteiger partial charge in [0, 0.05) is 13.0 Å². The van der Waals surface area contributed by atoms with Gasteiger partial charge in [0.2, 0.25) is 0 Å². The van der Waals surface area contributed by atoms with Crippen molar-refractivity contribution in [2.24, 2.45) is 0 Å². The highest BCUT2D eigenvalue weighted by atomic mass is 79.9. The Balaban J connectivity index is 0. The molecule has 0 radical (unpaired) electrons. The molecule has 0 bridgehead atoms. The third kappa shape index (κ3) is 34.4. The van der Waals surface area contributed by atoms with Crippen LogP contribution in [0.2, 0.25) is 0 Å². The maximum atomic E-state index is 3.71. The molecular weight excluding hydrogens is 528 g/mol. The van der Waals surface area contributed by atoms with E-state index in [1.54, 1.807) is 0 Å². The maximum Gasteiger partial charge on any atom is 0.0794 e. The van der Waals surface area contributed by atoms with E-state index in [-0.39, 0.29) is 17.0 Å². The maximum absolute atomic E-state index is 3.71. The summed E-state index contributed by atoms with van der Waals surface area (Å²) < 4.78 is 1.21. The molecule has 0 rings (SSSR count). The molecule has 0 aromatic carbocycles. The fourth-order valence-corrected chi connectivity index (χ4v) is 5.69. The van der Waals surface area contributed by atoms with E-state index in [0.717, 1.165) is 0 Å². The molecule has 0 fully saturated rings. The Hall–Kier alpha value is 0.400. The number of hydrogen-bond acceptors (Lipinski definition) is 1. The van der Waals surface area contributed by atoms with Crippen LogP contribution in [0.3, 0.4) is 0 Å². The molecule has 0 spiro atoms. The Kier molecular flexibility index (Phi) is 35.9. The smallest absolute Gasteiger partial charge is 0.0794 e. The van der Waals surface area contributed by atoms with Gasteiger partial charge in [-0.05, 0) is 25.8 Å². The number of nitrogens with one attached hydrogen (secondary N) is 1. The second kappa shape index (κ2) is 33.6. The van der Waals surface area contributed by atoms with E-state index in [1.807, 2.05) is 0 Å². The van der Waals surface area contributed by atoms with E-state index in [4.69, 9.17) is 0 Å². The van der Waals surface area contributed by atoms with Gasteiger partial charge in [0.1, 0.15) is 0 Å². The molecule has 0 aromatic heterocycles. The summed E-state index contributed by atoms with van der Waals surface area (Å²) in [4.78, 5) is 0. The van der Waals surface area contributed by atoms with Crippen LogP contribution in [0.15, 0.2) is 0 Å². The predicted octanol–water partition coefficient (Wildman–Crippen LogP) is 8.23. The van der Waals surface area contributed by atoms with Crippen molar-refractivity contribution in [3.8, 4) is 0 Å². The first kappa shape index (κ1) is 40.5. The van der Waals surface area contributed by atoms with E-state index >= 15 is 0 Å². The third-order valence-electron chi connectivity index (χ3n) is 8.44. The lowest BCUT2D eigenvalue weighted by molar-refractivity contribution is -0.890. The van der Waals surface area contributed by atoms with Gasteiger partial charge in [-0.2, -0.15) is 0 Å². The number of unbranched alkanes of at least 4 members (excludes halogenated alkanes) is 24. The lowest BCUT2D eigenvalue weighted by Crippen LogP contribution is -3.00. The van der Waals surface area contributed by atoms with Crippen LogP contribution in [-0.4, -0.2) is 44.8 Å². The van der Waals surface area contributed by atoms with Crippen molar-refractivity contribution in [2.45, 2.75) is 187 Å². The summed E-state index contributed by atoms with van der Waals surface area (Å²) in [5.74, 6) is 0. The van der Waals surface area contributed by atoms with Crippen LogP contribution in [-0.2, 0) is 0 Å². The van der Waals surface area contributed by atoms with Crippen molar-refractivity contribution in [3.63, 3.8) is 0 Å². The minimum Gasteiger partial charge on any atom is -1.00 e. The highest BCUT2D eigenvalue weighted by molar-refractivity contribution is 4.53. The molecule has 0 aromatic rings. The van der Waals surface area contributed by atoms with E-state index in [2.05, 4.69) is 33.3 Å². The van der Waals surface area contributed by atoms with Gasteiger partial charge in [-0.15, -0.1) is 0 Å². The SMILES string of the molecule is CCCCCCCCCCCCCCCCNCCC[N+](C)(C)CCCCCCCCCCCCCC.[Br-]. The van der Waals surface area contributed by atoms with Crippen LogP contribution in [0.4, 0.5) is 0 Å². The van der Waals surface area contributed by atoms with Crippen molar-refractivity contribution in [1.82, 2.24) is 5.32 Å². The van der Waals surface area contributed by atoms with Crippen LogP contribution in [0.25, 0.3) is 0 Å². The van der Waals surface area contributed by atoms with Crippen LogP contribution in [0.1, 0.15) is 187 Å². The number of quaternary nitrogens is 1. The first-order valence-corrected chi connectivity index (χ1v) is 17.6. The van der Waals surface area contributed by atoms with Crippen LogP contribution < -0.4 is 22.3 Å². The van der Waals surface area contributed by atoms with Crippen molar-refractivity contribution in [1.29, 1.82) is 0 Å². The quantitative estimate of drug-likeness (QED) is 0.0603. The van der Waals surface area contributed by atoms with Gasteiger partial charge in [0.15, 0.2) is 0 Å². The summed E-state index contributed by atoms with van der Waals surface area (Å²) in [5, 5.41) is 3.71. The molecule has 2 nitrogen and oxygen atoms in total. The Morgan fingerprint density at radius 1 is 0.342 bits per heavy atom. The number of hydrogen-bond donors (Lipinski definition) is 1. The molecule has 3 heteroatoms. The van der Waals surface area contributed by atoms with Gasteiger partial charge in [0.05, 0.1) is 27.2 Å². The molecule has 0 aliphatic rings. The van der Waals surface area contributed by atoms with Crippen LogP contribution >= 0.6 is 0 Å². The highest BCUT2D eigenvalue weighted by Gasteiger charge is 2.13. The van der Waals surface area contributed by atoms with Gasteiger partial charge in [-0.3, -0.25) is 0 Å². The van der Waals surface area contributed by atoms with Crippen molar-refractivity contribution in [2.75, 3.05) is 40.3 Å². The molecule has 0 amide bonds. The minimum atomic E-state index is 0. The van der Waals surface area contributed by atoms with Crippen molar-refractivity contribution < 1.29 is 21.5 Å². The fourth-order valence-electron chi connectivity index (χ4n) is 5.69. The molecule has 232 valence electrons. The largest absolute Gasteiger partial charge is 1.00 e. The second-order valence-electron chi connectivity index (χ2n) is 13.0. The van der Waals surface area contributed by atoms with Gasteiger partial charge < -0.3 is 26.8 Å². The summed E-state index contributed by atoms with van der Waals surface area (Å²) in [7, 11) is 4.87. The summed E-state index contributed by atoms with van der Waals surface area (Å²) >= 11 is 0. The zero-order chi connectivity index (χ0) is 27.1. The topological polar surface area (TPSA) is 12.0 Å². The molecule has 0 saturated heterocycles. The zero-order valence-electron chi connectivity index (χ0n) is 27.2. The average molecular weight is 604 g/mol. The Bertz CT molecular complexity index is 413. The van der Waals surface area contributed by atoms with E-state index in [1.165, 1.54) is 204 Å². The first-order chi connectivity index (χ1) is 18.1. The fraction of sp³-hybridized carbons (Fsp3) is 1.00. The zero-order valence-corrected chi connectivity index (χ0v) is 28.8. The average Bonchev–Trinajstić information content (AvgIpc) is 2.88. The first-order valence-electron chi connectivity index (χ1n) is 17.6. The molecule has 0 saturated carbocycles. The van der Waals surface area contributed by atoms with Gasteiger partial charge in [0.25, 0.3) is 0 Å². The molecule has 0 aliphatic heterocycles. The van der Waals surface area contributed by atoms with Crippen LogP contribution in [0.5, 0.6) is 0 Å². The number of halogens is 1. The Morgan fingerprint density at radius 2 is 0.605 bits per heavy atom. The molecule has 1 N–H and O–H groups in total. The number of rotatable bonds is 32. The second-order valence-corrected chi connectivity index (χ2v) is 13.0. The van der Waals surface area contributed by atoms with Crippen molar-refractivity contribution in [3.05, 3.63) is 0 Å². The normalized spacial score (nSPS) is 11.7. The molecule has 0 atom stereocenters. The molecule has 38 heavy (non-hydrogen) atoms. The van der Waals surface area contributed by atoms with E-state index < -0.39 is 0 Å². The van der Waals surface area contributed by atoms with Crippen molar-refractivity contribution >= 4 is 0 Å². The summed E-state index contributed by atoms with van der Waals surface area (Å²) in [6, 6.07) is 0. The van der Waals surface area contributed by atoms with Crippen LogP contribution in [0, 0.1) is 0 Å². The highest BCUT2D eigenvalue weighted by Crippen LogP contribution is 2.14. The lowest BCUT2D eigenvalue weighted by atomic mass is 10.0. The van der Waals surface area contributed by atoms with Gasteiger partial charge in [-0.1, -0.05) is 162 Å². The molecule has 0 unspecified atom stereocenters. The number of nitrogens with zero attached hydrogens (tertiary/aromatic N) is 1. The third-order valence-corrected chi connectivity index (χ3v) is 8.44. The summed E-state index contributed by atoms with van der Waals surface area (Å²) in [6.07, 6.45) is 39.0. The van der Waals surface area contributed by atoms with Gasteiger partial charge >= 0.3 is 0 Å². The standard InChI is InChI=1S/C35H75N2.BrH/c1-5-7-9-11-13-15-17-19-20-21-23-25-27-29-32-36-33-31-35-37(3,4)34-30-28-26-24-22-18-16-14-12-10-8-6-2;/h36H,5-35H2,1-4H3;1H/q+1;/p-1. The Morgan fingerprint density at radius 3 is 0.974 bits per heavy atom. The predicted molar refractivity (Wildman–Crippen MR) is 171 cm³/mol. The minimum absolute atomic E-state index is 0. The lowest BCUT2D eigenvalue weighted by Gasteiger charge is -2.30. The molecule has 0 aliphatic carbocycles.